The molecular formula is C76H96Y4-4. The smallest absolute Gasteiger partial charge is 0 e. The van der Waals surface area contributed by atoms with Crippen LogP contribution in [0.4, 0.5) is 0 Å². The van der Waals surface area contributed by atoms with E-state index in [4.69, 9.17) is 0 Å². The molecule has 416 valence electrons. The molecule has 0 N–H and O–H groups in total. The third-order valence-electron chi connectivity index (χ3n) is 19.9. The molecule has 6 aliphatic rings. The van der Waals surface area contributed by atoms with Crippen molar-refractivity contribution in [2.45, 2.75) is 211 Å². The van der Waals surface area contributed by atoms with Crippen LogP contribution in [0.15, 0.2) is 146 Å². The summed E-state index contributed by atoms with van der Waals surface area (Å²) in [5.74, 6) is 9.89. The second kappa shape index (κ2) is 38.1. The molecule has 0 unspecified atom stereocenters. The summed E-state index contributed by atoms with van der Waals surface area (Å²) >= 11 is 0. The first-order valence-corrected chi connectivity index (χ1v) is 31.3. The Bertz CT molecular complexity index is 2480. The van der Waals surface area contributed by atoms with E-state index in [0.717, 1.165) is 65.1 Å². The van der Waals surface area contributed by atoms with Crippen molar-refractivity contribution in [2.75, 3.05) is 0 Å². The molecule has 6 aliphatic carbocycles. The van der Waals surface area contributed by atoms with Crippen molar-refractivity contribution in [1.29, 1.82) is 0 Å². The van der Waals surface area contributed by atoms with E-state index in [2.05, 4.69) is 174 Å². The second-order valence-corrected chi connectivity index (χ2v) is 25.5. The number of hydrogen-bond acceptors (Lipinski definition) is 0. The largest absolute Gasteiger partial charge is 0.328 e. The topological polar surface area (TPSA) is 0 Å². The summed E-state index contributed by atoms with van der Waals surface area (Å²) in [6, 6.07) is 62.7. The molecule has 0 nitrogen and oxygen atoms in total. The van der Waals surface area contributed by atoms with Crippen LogP contribution in [-0.2, 0) is 131 Å². The molecule has 0 amide bonds. The van der Waals surface area contributed by atoms with Crippen LogP contribution in [0.5, 0.6) is 0 Å². The van der Waals surface area contributed by atoms with Crippen LogP contribution in [0.25, 0.3) is 22.3 Å². The molecular weight excluding hydrogens is 1270 g/mol. The summed E-state index contributed by atoms with van der Waals surface area (Å²) in [7, 11) is 0. The molecule has 6 aromatic rings. The van der Waals surface area contributed by atoms with Gasteiger partial charge < -0.3 is 6.42 Å². The molecule has 6 fully saturated rings. The molecule has 0 saturated heterocycles. The Morgan fingerprint density at radius 1 is 0.250 bits per heavy atom. The third-order valence-corrected chi connectivity index (χ3v) is 19.9. The van der Waals surface area contributed by atoms with Crippen molar-refractivity contribution in [2.24, 2.45) is 35.5 Å². The van der Waals surface area contributed by atoms with Gasteiger partial charge in [-0.1, -0.05) is 165 Å². The van der Waals surface area contributed by atoms with Gasteiger partial charge in [-0.15, -0.1) is 5.56 Å². The third kappa shape index (κ3) is 22.2. The Hall–Kier alpha value is -0.264. The maximum atomic E-state index is 3.14. The van der Waals surface area contributed by atoms with Crippen LogP contribution >= 0.6 is 0 Å². The van der Waals surface area contributed by atoms with Crippen LogP contribution < -0.4 is 0 Å². The van der Waals surface area contributed by atoms with Gasteiger partial charge in [-0.05, 0) is 176 Å². The molecule has 6 saturated carbocycles. The summed E-state index contributed by atoms with van der Waals surface area (Å²) in [6.45, 7) is 9.58. The molecule has 0 bridgehead atoms. The van der Waals surface area contributed by atoms with Gasteiger partial charge in [-0.3, -0.25) is 0 Å². The fourth-order valence-electron chi connectivity index (χ4n) is 14.5. The number of rotatable bonds is 8. The normalized spacial score (nSPS) is 26.6. The van der Waals surface area contributed by atoms with E-state index < -0.39 is 0 Å². The van der Waals surface area contributed by atoms with Crippen LogP contribution in [-0.4, -0.2) is 0 Å². The van der Waals surface area contributed by atoms with Crippen molar-refractivity contribution in [3.63, 3.8) is 0 Å². The first-order valence-electron chi connectivity index (χ1n) is 31.3. The van der Waals surface area contributed by atoms with Crippen molar-refractivity contribution in [1.82, 2.24) is 0 Å². The summed E-state index contributed by atoms with van der Waals surface area (Å²) in [6.07, 6.45) is 36.1. The quantitative estimate of drug-likeness (QED) is 0.133. The van der Waals surface area contributed by atoms with Crippen LogP contribution in [0.3, 0.4) is 0 Å². The second-order valence-electron chi connectivity index (χ2n) is 25.5. The monoisotopic (exact) mass is 1360 g/mol. The summed E-state index contributed by atoms with van der Waals surface area (Å²) in [5, 5.41) is 0. The fraction of sp³-hybridized carbons (Fsp3) is 0.513. The molecule has 0 spiro atoms. The maximum absolute atomic E-state index is 3.14. The average molecular weight is 1370 g/mol. The first-order chi connectivity index (χ1) is 37.3. The van der Waals surface area contributed by atoms with Gasteiger partial charge >= 0.3 is 0 Å². The van der Waals surface area contributed by atoms with E-state index in [-0.39, 0.29) is 131 Å². The van der Waals surface area contributed by atoms with E-state index in [0.29, 0.717) is 0 Å². The summed E-state index contributed by atoms with van der Waals surface area (Å²) in [4.78, 5) is 0. The molecule has 4 heteroatoms. The molecule has 12 rings (SSSR count). The van der Waals surface area contributed by atoms with Crippen LogP contribution in [0.1, 0.15) is 239 Å². The predicted octanol–water partition coefficient (Wildman–Crippen LogP) is 22.3. The molecule has 0 aliphatic heterocycles. The van der Waals surface area contributed by atoms with Crippen molar-refractivity contribution >= 4 is 0 Å². The Kier molecular flexibility index (Phi) is 33.6. The van der Waals surface area contributed by atoms with E-state index in [1.54, 1.807) is 11.1 Å². The Morgan fingerprint density at radius 3 is 0.762 bits per heavy atom. The van der Waals surface area contributed by atoms with E-state index >= 15 is 0 Å². The Morgan fingerprint density at radius 2 is 0.463 bits per heavy atom. The molecule has 80 heavy (non-hydrogen) atoms. The van der Waals surface area contributed by atoms with Crippen molar-refractivity contribution < 1.29 is 131 Å². The minimum absolute atomic E-state index is 0. The van der Waals surface area contributed by atoms with Gasteiger partial charge in [0.05, 0.1) is 0 Å². The SMILES string of the molecule is CC1CCC(C2CCC(c3cc[c-]cc3)CC2)CC1.CC1CCC(c2cc[c-]cc2)CC1.CC1CCC(c2ccc(-c3cc[c-]cc3)cc2)CC1.CC1CCC(c2ccc(-c3ccc(C4CC[CH-]CC4)cc3)cc2)CC1.[Y].[Y].[Y].[Y]. The van der Waals surface area contributed by atoms with E-state index in [1.165, 1.54) is 193 Å². The Balaban J connectivity index is 0.000000197. The molecule has 0 aromatic heterocycles. The molecule has 4 radical (unpaired) electrons. The van der Waals surface area contributed by atoms with E-state index in [9.17, 15) is 0 Å². The molecule has 0 heterocycles. The number of benzene rings is 6. The van der Waals surface area contributed by atoms with Gasteiger partial charge in [0, 0.05) is 131 Å². The van der Waals surface area contributed by atoms with Crippen LogP contribution in [0, 0.1) is 60.1 Å². The zero-order valence-corrected chi connectivity index (χ0v) is 61.4. The molecule has 6 aromatic carbocycles. The summed E-state index contributed by atoms with van der Waals surface area (Å²) < 4.78 is 0. The van der Waals surface area contributed by atoms with Gasteiger partial charge in [0.15, 0.2) is 0 Å². The van der Waals surface area contributed by atoms with Gasteiger partial charge in [0.1, 0.15) is 0 Å². The average Bonchev–Trinajstić information content (AvgIpc) is 3.50. The maximum Gasteiger partial charge on any atom is 0 e. The minimum Gasteiger partial charge on any atom is -0.328 e. The Labute approximate surface area is 590 Å². The molecule has 0 atom stereocenters. The minimum atomic E-state index is 0. The fourth-order valence-corrected chi connectivity index (χ4v) is 14.5. The van der Waals surface area contributed by atoms with Gasteiger partial charge in [-0.25, -0.2) is 0 Å². The van der Waals surface area contributed by atoms with Gasteiger partial charge in [0.2, 0.25) is 0 Å². The summed E-state index contributed by atoms with van der Waals surface area (Å²) in [5.41, 5.74) is 13.0. The van der Waals surface area contributed by atoms with Crippen LogP contribution in [0.2, 0.25) is 0 Å². The first kappa shape index (κ1) is 70.5. The predicted molar refractivity (Wildman–Crippen MR) is 326 cm³/mol. The van der Waals surface area contributed by atoms with Gasteiger partial charge in [0.25, 0.3) is 0 Å². The van der Waals surface area contributed by atoms with E-state index in [1.807, 2.05) is 24.3 Å². The zero-order chi connectivity index (χ0) is 52.3. The van der Waals surface area contributed by atoms with Gasteiger partial charge in [-0.2, -0.15) is 115 Å². The van der Waals surface area contributed by atoms with Crippen molar-refractivity contribution in [3.8, 4) is 22.3 Å². The number of hydrogen-bond donors (Lipinski definition) is 0. The van der Waals surface area contributed by atoms with Crippen molar-refractivity contribution in [3.05, 3.63) is 198 Å². The zero-order valence-electron chi connectivity index (χ0n) is 50.1. The standard InChI is InChI=1S/C25H31.C19H27.C19H21.C13H17.4Y/c1-19-7-9-21(10-8-19)23-15-17-25(18-16-23)24-13-11-22(12-14-24)20-5-3-2-4-6-20;2*1-15-7-9-17(10-8-15)19-13-11-18(12-14-19)16-5-3-2-4-6-16;1-11-7-9-13(10-8-11)12-5-3-2-4-6-12;;;;/h2,11-21H,3-10H2,1H3;3-6,15,17-19H,7-14H2,1H3;3-6,11-15,17H,7-10H2,1H3;3-6,11,13H,7-10H2,1H3;;;;/q4*-1;;;;.